The van der Waals surface area contributed by atoms with Crippen molar-refractivity contribution in [3.8, 4) is 0 Å². The fraction of sp³-hybridized carbons (Fsp3) is 0.0909. The summed E-state index contributed by atoms with van der Waals surface area (Å²) in [6, 6.07) is 5.77. The van der Waals surface area contributed by atoms with Crippen molar-refractivity contribution in [1.82, 2.24) is 0 Å². The molecular formula is C11H8AlBrO2. The third kappa shape index (κ3) is 1.85. The van der Waals surface area contributed by atoms with E-state index in [1.54, 1.807) is 0 Å². The first kappa shape index (κ1) is 10.8. The Bertz CT molecular complexity index is 557. The molecule has 4 heteroatoms. The van der Waals surface area contributed by atoms with Crippen LogP contribution in [-0.2, 0) is 0 Å². The van der Waals surface area contributed by atoms with Crippen molar-refractivity contribution in [2.75, 3.05) is 0 Å². The molecule has 1 aromatic heterocycles. The van der Waals surface area contributed by atoms with Gasteiger partial charge in [-0.25, -0.2) is 0 Å². The number of benzene rings is 1. The molecule has 74 valence electrons. The van der Waals surface area contributed by atoms with Gasteiger partial charge >= 0.3 is 102 Å². The Labute approximate surface area is 102 Å². The van der Waals surface area contributed by atoms with Crippen molar-refractivity contribution in [1.29, 1.82) is 0 Å². The number of hydrogen-bond donors (Lipinski definition) is 0. The van der Waals surface area contributed by atoms with E-state index < -0.39 is 14.8 Å². The molecule has 0 saturated carbocycles. The Morgan fingerprint density at radius 2 is 2.27 bits per heavy atom. The molecule has 0 saturated heterocycles. The molecule has 1 aromatic carbocycles. The molecule has 0 spiro atoms. The number of aryl methyl sites for hydroxylation is 1. The first-order valence-corrected chi connectivity index (χ1v) is 6.67. The van der Waals surface area contributed by atoms with Crippen LogP contribution in [0.1, 0.15) is 16.1 Å². The predicted molar refractivity (Wildman–Crippen MR) is 65.9 cm³/mol. The molecule has 1 heterocycles. The van der Waals surface area contributed by atoms with Gasteiger partial charge in [-0.3, -0.25) is 0 Å². The van der Waals surface area contributed by atoms with Crippen LogP contribution in [-0.4, -0.2) is 24.8 Å². The summed E-state index contributed by atoms with van der Waals surface area (Å²) in [5.74, 6) is 0.466. The molecule has 0 bridgehead atoms. The van der Waals surface area contributed by atoms with Gasteiger partial charge in [-0.2, -0.15) is 0 Å². The van der Waals surface area contributed by atoms with Crippen molar-refractivity contribution in [3.63, 3.8) is 0 Å². The van der Waals surface area contributed by atoms with E-state index in [1.807, 2.05) is 25.1 Å². The third-order valence-corrected chi connectivity index (χ3v) is 3.44. The van der Waals surface area contributed by atoms with E-state index in [0.717, 1.165) is 21.0 Å². The van der Waals surface area contributed by atoms with Gasteiger partial charge in [0.15, 0.2) is 0 Å². The summed E-state index contributed by atoms with van der Waals surface area (Å²) in [6.45, 7) is 1.90. The zero-order valence-electron chi connectivity index (χ0n) is 8.21. The van der Waals surface area contributed by atoms with E-state index >= 15 is 0 Å². The topological polar surface area (TPSA) is 30.2 Å². The number of hydrogen-bond acceptors (Lipinski definition) is 2. The molecule has 0 radical (unpaired) electrons. The van der Waals surface area contributed by atoms with Crippen molar-refractivity contribution in [3.05, 3.63) is 34.0 Å². The third-order valence-electron chi connectivity index (χ3n) is 2.31. The monoisotopic (exact) mass is 278 g/mol. The molecule has 0 aliphatic heterocycles. The van der Waals surface area contributed by atoms with Crippen LogP contribution in [0.5, 0.6) is 0 Å². The Kier molecular flexibility index (Phi) is 2.92. The second kappa shape index (κ2) is 4.05. The van der Waals surface area contributed by atoms with Gasteiger partial charge in [-0.1, -0.05) is 0 Å². The van der Waals surface area contributed by atoms with Gasteiger partial charge in [0.2, 0.25) is 0 Å². The van der Waals surface area contributed by atoms with Crippen molar-refractivity contribution >= 4 is 51.7 Å². The van der Waals surface area contributed by atoms with Crippen LogP contribution < -0.4 is 0 Å². The number of furan rings is 1. The van der Waals surface area contributed by atoms with E-state index in [1.165, 1.54) is 0 Å². The zero-order chi connectivity index (χ0) is 11.0. The van der Waals surface area contributed by atoms with Crippen molar-refractivity contribution in [2.24, 2.45) is 0 Å². The minimum absolute atomic E-state index is 0.0276. The average molecular weight is 279 g/mol. The number of rotatable bonds is 2. The van der Waals surface area contributed by atoms with E-state index in [9.17, 15) is 4.79 Å². The first-order valence-electron chi connectivity index (χ1n) is 4.49. The molecular weight excluding hydrogens is 271 g/mol. The normalized spacial score (nSPS) is 10.3. The Morgan fingerprint density at radius 3 is 2.93 bits per heavy atom. The van der Waals surface area contributed by atoms with Gasteiger partial charge in [0.05, 0.1) is 0 Å². The summed E-state index contributed by atoms with van der Waals surface area (Å²) in [5, 5.41) is 4.65. The van der Waals surface area contributed by atoms with Gasteiger partial charge in [0, 0.05) is 0 Å². The molecule has 0 atom stereocenters. The summed E-state index contributed by atoms with van der Waals surface area (Å²) in [6.07, 6.45) is 0. The van der Waals surface area contributed by atoms with E-state index in [2.05, 4.69) is 21.3 Å². The molecule has 2 aromatic rings. The number of carbonyl (C=O) groups is 1. The van der Waals surface area contributed by atoms with Crippen LogP contribution in [0.25, 0.3) is 11.0 Å². The molecule has 0 N–H and O–H groups in total. The summed E-state index contributed by atoms with van der Waals surface area (Å²) in [4.78, 5) is 11.6. The molecule has 0 aliphatic carbocycles. The second-order valence-corrected chi connectivity index (χ2v) is 5.11. The van der Waals surface area contributed by atoms with Gasteiger partial charge < -0.3 is 0 Å². The summed E-state index contributed by atoms with van der Waals surface area (Å²) >= 11 is 2.90. The van der Waals surface area contributed by atoms with Crippen LogP contribution in [0.15, 0.2) is 27.1 Å². The zero-order valence-corrected chi connectivity index (χ0v) is 11.0. The van der Waals surface area contributed by atoms with Gasteiger partial charge in [-0.05, 0) is 0 Å². The summed E-state index contributed by atoms with van der Waals surface area (Å²) < 4.78 is 6.51. The number of fused-ring (bicyclic) bond motifs is 1. The predicted octanol–water partition coefficient (Wildman–Crippen LogP) is 2.78. The van der Waals surface area contributed by atoms with Crippen LogP contribution in [0, 0.1) is 6.92 Å². The SMILES string of the molecule is [CH2]=[Al][C](=O)c1oc2cc(Br)ccc2c1C. The molecule has 0 unspecified atom stereocenters. The molecule has 0 aliphatic rings. The van der Waals surface area contributed by atoms with Crippen molar-refractivity contribution < 1.29 is 9.21 Å². The van der Waals surface area contributed by atoms with Gasteiger partial charge in [0.25, 0.3) is 0 Å². The van der Waals surface area contributed by atoms with Gasteiger partial charge in [-0.15, -0.1) is 0 Å². The Morgan fingerprint density at radius 1 is 1.53 bits per heavy atom. The van der Waals surface area contributed by atoms with E-state index in [-0.39, 0.29) is 4.65 Å². The molecule has 15 heavy (non-hydrogen) atoms. The Balaban J connectivity index is 2.74. The average Bonchev–Trinajstić information content (AvgIpc) is 2.54. The minimum atomic E-state index is -0.469. The Hall–Kier alpha value is -0.688. The fourth-order valence-electron chi connectivity index (χ4n) is 1.53. The summed E-state index contributed by atoms with van der Waals surface area (Å²) in [5.41, 5.74) is 1.66. The molecule has 2 rings (SSSR count). The molecule has 0 amide bonds. The standard InChI is InChI=1S/C10H6BrO2.CH2.Al/c1-6-8-3-2-7(11)4-9(8)13-10(6)5-12;;/h2-4H,1H3;1H2;. The molecule has 0 fully saturated rings. The van der Waals surface area contributed by atoms with Crippen LogP contribution >= 0.6 is 15.9 Å². The van der Waals surface area contributed by atoms with Crippen molar-refractivity contribution in [2.45, 2.75) is 6.92 Å². The van der Waals surface area contributed by atoms with Crippen LogP contribution in [0.3, 0.4) is 0 Å². The molecule has 2 nitrogen and oxygen atoms in total. The number of halogens is 1. The fourth-order valence-corrected chi connectivity index (χ4v) is 2.33. The maximum atomic E-state index is 11.6. The quantitative estimate of drug-likeness (QED) is 0.791. The first-order chi connectivity index (χ1) is 7.13. The number of carbonyl (C=O) groups excluding carboxylic acids is 1. The van der Waals surface area contributed by atoms with E-state index in [0.29, 0.717) is 5.76 Å². The van der Waals surface area contributed by atoms with Crippen LogP contribution in [0.4, 0.5) is 0 Å². The van der Waals surface area contributed by atoms with Crippen LogP contribution in [0.2, 0.25) is 0 Å². The maximum absolute atomic E-state index is 11.6. The second-order valence-electron chi connectivity index (χ2n) is 3.27. The van der Waals surface area contributed by atoms with Gasteiger partial charge in [0.1, 0.15) is 0 Å². The summed E-state index contributed by atoms with van der Waals surface area (Å²) in [7, 11) is 0. The van der Waals surface area contributed by atoms with E-state index in [4.69, 9.17) is 4.42 Å².